The van der Waals surface area contributed by atoms with Gasteiger partial charge in [0.05, 0.1) is 11.7 Å². The normalized spacial score (nSPS) is 10.9. The van der Waals surface area contributed by atoms with E-state index in [1.165, 1.54) is 6.39 Å². The van der Waals surface area contributed by atoms with Crippen LogP contribution >= 0.6 is 0 Å². The molecule has 1 aromatic carbocycles. The van der Waals surface area contributed by atoms with Crippen molar-refractivity contribution in [2.24, 2.45) is 0 Å². The molecule has 74 valence electrons. The highest BCUT2D eigenvalue weighted by atomic mass is 16.5. The average Bonchev–Trinajstić information content (AvgIpc) is 2.88. The van der Waals surface area contributed by atoms with Crippen molar-refractivity contribution in [1.29, 1.82) is 0 Å². The molecular formula is C9H7N5O. The first-order chi connectivity index (χ1) is 7.34. The molecule has 3 N–H and O–H groups in total. The number of aromatic nitrogens is 4. The lowest BCUT2D eigenvalue weighted by Gasteiger charge is -1.98. The van der Waals surface area contributed by atoms with Crippen molar-refractivity contribution in [3.05, 3.63) is 24.7 Å². The number of nitrogens with zero attached hydrogens (tertiary/aromatic N) is 3. The second-order valence-corrected chi connectivity index (χ2v) is 3.15. The number of rotatable bonds is 1. The van der Waals surface area contributed by atoms with Crippen LogP contribution in [0.4, 0.5) is 5.69 Å². The quantitative estimate of drug-likeness (QED) is 0.577. The molecule has 2 aromatic heterocycles. The van der Waals surface area contributed by atoms with Crippen LogP contribution < -0.4 is 5.73 Å². The molecule has 3 rings (SSSR count). The molecule has 2 heterocycles. The summed E-state index contributed by atoms with van der Waals surface area (Å²) in [6.45, 7) is 0. The maximum absolute atomic E-state index is 5.86. The van der Waals surface area contributed by atoms with Gasteiger partial charge in [0.2, 0.25) is 12.2 Å². The van der Waals surface area contributed by atoms with Crippen LogP contribution in [0.2, 0.25) is 0 Å². The lowest BCUT2D eigenvalue weighted by molar-refractivity contribution is 0.419. The number of H-pyrrole nitrogens is 1. The molecule has 3 aromatic rings. The summed E-state index contributed by atoms with van der Waals surface area (Å²) in [4.78, 5) is 3.95. The molecule has 0 saturated carbocycles. The summed E-state index contributed by atoms with van der Waals surface area (Å²) >= 11 is 0. The average molecular weight is 201 g/mol. The van der Waals surface area contributed by atoms with E-state index in [0.717, 1.165) is 16.5 Å². The lowest BCUT2D eigenvalue weighted by Crippen LogP contribution is -1.88. The number of benzene rings is 1. The fraction of sp³-hybridized carbons (Fsp3) is 0. The van der Waals surface area contributed by atoms with E-state index in [0.29, 0.717) is 11.5 Å². The summed E-state index contributed by atoms with van der Waals surface area (Å²) in [6, 6.07) is 3.67. The van der Waals surface area contributed by atoms with Gasteiger partial charge in [-0.1, -0.05) is 5.16 Å². The Bertz CT molecular complexity index is 598. The summed E-state index contributed by atoms with van der Waals surface area (Å²) in [5.41, 5.74) is 8.16. The fourth-order valence-corrected chi connectivity index (χ4v) is 1.51. The second kappa shape index (κ2) is 2.81. The van der Waals surface area contributed by atoms with Crippen molar-refractivity contribution in [3.8, 4) is 11.4 Å². The highest BCUT2D eigenvalue weighted by molar-refractivity contribution is 5.93. The van der Waals surface area contributed by atoms with Crippen molar-refractivity contribution in [3.63, 3.8) is 0 Å². The third-order valence-corrected chi connectivity index (χ3v) is 2.21. The molecule has 0 radical (unpaired) electrons. The number of nitrogen functional groups attached to an aromatic ring is 1. The summed E-state index contributed by atoms with van der Waals surface area (Å²) in [5.74, 6) is 0.512. The van der Waals surface area contributed by atoms with Gasteiger partial charge in [0.25, 0.3) is 0 Å². The molecule has 0 unspecified atom stereocenters. The minimum absolute atomic E-state index is 0.512. The van der Waals surface area contributed by atoms with Gasteiger partial charge in [-0.25, -0.2) is 0 Å². The van der Waals surface area contributed by atoms with E-state index in [1.807, 2.05) is 6.07 Å². The summed E-state index contributed by atoms with van der Waals surface area (Å²) in [5, 5.41) is 11.4. The molecule has 0 amide bonds. The molecule has 0 spiro atoms. The van der Waals surface area contributed by atoms with Crippen LogP contribution in [0.5, 0.6) is 0 Å². The van der Waals surface area contributed by atoms with Crippen molar-refractivity contribution >= 4 is 16.6 Å². The first kappa shape index (κ1) is 7.98. The van der Waals surface area contributed by atoms with Crippen LogP contribution in [0.3, 0.4) is 0 Å². The monoisotopic (exact) mass is 201 g/mol. The van der Waals surface area contributed by atoms with Gasteiger partial charge in [0, 0.05) is 16.6 Å². The van der Waals surface area contributed by atoms with Gasteiger partial charge in [-0.3, -0.25) is 5.10 Å². The minimum Gasteiger partial charge on any atom is -0.398 e. The highest BCUT2D eigenvalue weighted by Crippen LogP contribution is 2.25. The van der Waals surface area contributed by atoms with E-state index in [2.05, 4.69) is 24.9 Å². The molecule has 0 bridgehead atoms. The molecule has 0 saturated heterocycles. The Hall–Kier alpha value is -2.37. The lowest BCUT2D eigenvalue weighted by atomic mass is 10.1. The third kappa shape index (κ3) is 1.15. The summed E-state index contributed by atoms with van der Waals surface area (Å²) in [7, 11) is 0. The zero-order valence-electron chi connectivity index (χ0n) is 7.64. The zero-order chi connectivity index (χ0) is 10.3. The molecule has 15 heavy (non-hydrogen) atoms. The summed E-state index contributed by atoms with van der Waals surface area (Å²) in [6.07, 6.45) is 2.97. The Balaban J connectivity index is 2.29. The van der Waals surface area contributed by atoms with Gasteiger partial charge in [-0.15, -0.1) is 0 Å². The number of fused-ring (bicyclic) bond motifs is 1. The molecule has 0 aliphatic heterocycles. The van der Waals surface area contributed by atoms with E-state index in [4.69, 9.17) is 5.73 Å². The maximum atomic E-state index is 5.86. The maximum Gasteiger partial charge on any atom is 0.214 e. The molecule has 0 atom stereocenters. The van der Waals surface area contributed by atoms with E-state index in [-0.39, 0.29) is 0 Å². The van der Waals surface area contributed by atoms with Gasteiger partial charge >= 0.3 is 0 Å². The van der Waals surface area contributed by atoms with Gasteiger partial charge in [0.1, 0.15) is 0 Å². The molecule has 0 aliphatic carbocycles. The predicted molar refractivity (Wildman–Crippen MR) is 53.8 cm³/mol. The molecule has 6 heteroatoms. The van der Waals surface area contributed by atoms with Crippen molar-refractivity contribution in [2.75, 3.05) is 5.73 Å². The van der Waals surface area contributed by atoms with Crippen molar-refractivity contribution < 1.29 is 4.52 Å². The predicted octanol–water partition coefficient (Wildman–Crippen LogP) is 1.20. The number of hydrogen-bond donors (Lipinski definition) is 2. The Labute approximate surface area is 84.1 Å². The second-order valence-electron chi connectivity index (χ2n) is 3.15. The number of nitrogens with two attached hydrogens (primary N) is 1. The number of anilines is 1. The van der Waals surface area contributed by atoms with Gasteiger partial charge in [-0.05, 0) is 12.1 Å². The van der Waals surface area contributed by atoms with E-state index >= 15 is 0 Å². The standard InChI is InChI=1S/C9H7N5O/c10-7-1-5(9-11-4-15-14-9)2-8-6(7)3-12-13-8/h1-4H,10H2,(H,12,13). The van der Waals surface area contributed by atoms with Crippen LogP contribution in [-0.2, 0) is 0 Å². The van der Waals surface area contributed by atoms with Crippen LogP contribution in [0, 0.1) is 0 Å². The first-order valence-corrected chi connectivity index (χ1v) is 4.34. The third-order valence-electron chi connectivity index (χ3n) is 2.21. The van der Waals surface area contributed by atoms with Gasteiger partial charge in [-0.2, -0.15) is 10.1 Å². The van der Waals surface area contributed by atoms with E-state index in [1.54, 1.807) is 12.3 Å². The fourth-order valence-electron chi connectivity index (χ4n) is 1.51. The SMILES string of the molecule is Nc1cc(-c2ncon2)cc2[nH]ncc12. The summed E-state index contributed by atoms with van der Waals surface area (Å²) < 4.78 is 4.67. The largest absolute Gasteiger partial charge is 0.398 e. The number of nitrogens with one attached hydrogen (secondary N) is 1. The Kier molecular flexibility index (Phi) is 1.49. The number of aromatic amines is 1. The van der Waals surface area contributed by atoms with E-state index in [9.17, 15) is 0 Å². The van der Waals surface area contributed by atoms with Gasteiger partial charge < -0.3 is 10.3 Å². The minimum atomic E-state index is 0.512. The Morgan fingerprint density at radius 2 is 2.27 bits per heavy atom. The molecular weight excluding hydrogens is 194 g/mol. The topological polar surface area (TPSA) is 93.6 Å². The molecule has 0 aliphatic rings. The number of hydrogen-bond acceptors (Lipinski definition) is 5. The van der Waals surface area contributed by atoms with Crippen molar-refractivity contribution in [2.45, 2.75) is 0 Å². The molecule has 6 nitrogen and oxygen atoms in total. The van der Waals surface area contributed by atoms with Crippen molar-refractivity contribution in [1.82, 2.24) is 20.3 Å². The van der Waals surface area contributed by atoms with Gasteiger partial charge in [0.15, 0.2) is 0 Å². The van der Waals surface area contributed by atoms with Crippen LogP contribution in [0.15, 0.2) is 29.2 Å². The molecule has 0 fully saturated rings. The smallest absolute Gasteiger partial charge is 0.214 e. The van der Waals surface area contributed by atoms with Crippen LogP contribution in [0.1, 0.15) is 0 Å². The zero-order valence-corrected chi connectivity index (χ0v) is 7.64. The van der Waals surface area contributed by atoms with Crippen LogP contribution in [-0.4, -0.2) is 20.3 Å². The highest BCUT2D eigenvalue weighted by Gasteiger charge is 2.07. The first-order valence-electron chi connectivity index (χ1n) is 4.34. The van der Waals surface area contributed by atoms with E-state index < -0.39 is 0 Å². The Morgan fingerprint density at radius 1 is 1.33 bits per heavy atom. The Morgan fingerprint density at radius 3 is 3.07 bits per heavy atom. The van der Waals surface area contributed by atoms with Crippen LogP contribution in [0.25, 0.3) is 22.3 Å².